The first-order valence-corrected chi connectivity index (χ1v) is 7.76. The van der Waals surface area contributed by atoms with E-state index in [0.29, 0.717) is 19.9 Å². The number of benzene rings is 1. The third-order valence-corrected chi connectivity index (χ3v) is 3.98. The maximum Gasteiger partial charge on any atom is 0.231 e. The molecule has 22 heavy (non-hydrogen) atoms. The van der Waals surface area contributed by atoms with Gasteiger partial charge in [-0.15, -0.1) is 0 Å². The van der Waals surface area contributed by atoms with E-state index in [1.54, 1.807) is 0 Å². The van der Waals surface area contributed by atoms with E-state index in [1.165, 1.54) is 0 Å². The molecule has 0 saturated carbocycles. The Morgan fingerprint density at radius 3 is 2.82 bits per heavy atom. The van der Waals surface area contributed by atoms with E-state index >= 15 is 0 Å². The smallest absolute Gasteiger partial charge is 0.231 e. The van der Waals surface area contributed by atoms with Crippen molar-refractivity contribution in [2.45, 2.75) is 12.6 Å². The van der Waals surface area contributed by atoms with Gasteiger partial charge in [-0.05, 0) is 24.7 Å². The Bertz CT molecular complexity index is 491. The normalized spacial score (nSPS) is 19.6. The molecule has 2 aliphatic heterocycles. The zero-order chi connectivity index (χ0) is 15.4. The minimum atomic E-state index is -0.350. The molecule has 2 aliphatic rings. The van der Waals surface area contributed by atoms with Gasteiger partial charge < -0.3 is 19.3 Å². The molecule has 122 valence electrons. The van der Waals surface area contributed by atoms with Crippen LogP contribution in [0.2, 0.25) is 0 Å². The van der Waals surface area contributed by atoms with Crippen LogP contribution in [0.25, 0.3) is 0 Å². The summed E-state index contributed by atoms with van der Waals surface area (Å²) in [7, 11) is 2.02. The number of β-amino-alcohol motifs (C(OH)–C–C–N with tert-alkyl or cyclic N) is 1. The van der Waals surface area contributed by atoms with Crippen molar-refractivity contribution in [1.29, 1.82) is 0 Å². The summed E-state index contributed by atoms with van der Waals surface area (Å²) in [5.74, 6) is 1.61. The maximum atomic E-state index is 10.2. The number of morpholine rings is 1. The number of fused-ring (bicyclic) bond motifs is 1. The second kappa shape index (κ2) is 7.28. The summed E-state index contributed by atoms with van der Waals surface area (Å²) >= 11 is 0. The van der Waals surface area contributed by atoms with Crippen molar-refractivity contribution in [2.75, 3.05) is 53.2 Å². The van der Waals surface area contributed by atoms with Crippen LogP contribution < -0.4 is 9.47 Å². The number of likely N-dealkylation sites (N-methyl/N-ethyl adjacent to an activating group) is 1. The molecule has 0 bridgehead atoms. The van der Waals surface area contributed by atoms with Gasteiger partial charge in [0.05, 0.1) is 19.3 Å². The third-order valence-electron chi connectivity index (χ3n) is 3.98. The van der Waals surface area contributed by atoms with Crippen LogP contribution in [0.4, 0.5) is 0 Å². The molecule has 0 unspecified atom stereocenters. The molecule has 1 saturated heterocycles. The van der Waals surface area contributed by atoms with E-state index < -0.39 is 0 Å². The number of aliphatic hydroxyl groups excluding tert-OH is 1. The average molecular weight is 308 g/mol. The molecule has 1 aromatic rings. The Balaban J connectivity index is 1.46. The fourth-order valence-electron chi connectivity index (χ4n) is 2.91. The minimum Gasteiger partial charge on any atom is -0.454 e. The lowest BCUT2D eigenvalue weighted by molar-refractivity contribution is 0.00825. The van der Waals surface area contributed by atoms with Crippen LogP contribution in [-0.4, -0.2) is 74.2 Å². The van der Waals surface area contributed by atoms with E-state index in [9.17, 15) is 5.11 Å². The fraction of sp³-hybridized carbons (Fsp3) is 0.625. The highest BCUT2D eigenvalue weighted by Gasteiger charge is 2.17. The van der Waals surface area contributed by atoms with Crippen LogP contribution in [0.3, 0.4) is 0 Å². The van der Waals surface area contributed by atoms with Crippen molar-refractivity contribution >= 4 is 0 Å². The summed E-state index contributed by atoms with van der Waals surface area (Å²) < 4.78 is 16.0. The van der Waals surface area contributed by atoms with Crippen LogP contribution >= 0.6 is 0 Å². The summed E-state index contributed by atoms with van der Waals surface area (Å²) in [6.07, 6.45) is -0.350. The molecule has 1 atom stereocenters. The second-order valence-corrected chi connectivity index (χ2v) is 5.95. The molecule has 0 aliphatic carbocycles. The molecular weight excluding hydrogens is 284 g/mol. The molecule has 1 aromatic carbocycles. The first-order chi connectivity index (χ1) is 10.7. The lowest BCUT2D eigenvalue weighted by Gasteiger charge is -2.30. The molecule has 0 radical (unpaired) electrons. The van der Waals surface area contributed by atoms with Crippen molar-refractivity contribution in [3.63, 3.8) is 0 Å². The van der Waals surface area contributed by atoms with Crippen LogP contribution in [0, 0.1) is 0 Å². The van der Waals surface area contributed by atoms with Crippen molar-refractivity contribution in [3.05, 3.63) is 23.8 Å². The molecular formula is C16H24N2O4. The lowest BCUT2D eigenvalue weighted by Crippen LogP contribution is -2.43. The topological polar surface area (TPSA) is 54.4 Å². The Kier molecular flexibility index (Phi) is 5.15. The highest BCUT2D eigenvalue weighted by atomic mass is 16.7. The number of rotatable bonds is 6. The highest BCUT2D eigenvalue weighted by molar-refractivity contribution is 5.44. The quantitative estimate of drug-likeness (QED) is 0.828. The summed E-state index contributed by atoms with van der Waals surface area (Å²) in [6.45, 7) is 5.76. The predicted octanol–water partition coefficient (Wildman–Crippen LogP) is 0.540. The van der Waals surface area contributed by atoms with Gasteiger partial charge in [-0.25, -0.2) is 0 Å². The second-order valence-electron chi connectivity index (χ2n) is 5.95. The zero-order valence-corrected chi connectivity index (χ0v) is 13.0. The van der Waals surface area contributed by atoms with Crippen molar-refractivity contribution < 1.29 is 19.3 Å². The minimum absolute atomic E-state index is 0.299. The zero-order valence-electron chi connectivity index (χ0n) is 13.0. The van der Waals surface area contributed by atoms with E-state index in [4.69, 9.17) is 14.2 Å². The third kappa shape index (κ3) is 4.10. The van der Waals surface area contributed by atoms with E-state index in [2.05, 4.69) is 9.80 Å². The molecule has 0 spiro atoms. The molecule has 3 rings (SSSR count). The molecule has 1 N–H and O–H groups in total. The van der Waals surface area contributed by atoms with Crippen LogP contribution in [-0.2, 0) is 11.3 Å². The summed E-state index contributed by atoms with van der Waals surface area (Å²) in [6, 6.07) is 5.99. The van der Waals surface area contributed by atoms with Gasteiger partial charge in [0.1, 0.15) is 0 Å². The molecule has 6 heteroatoms. The number of aliphatic hydroxyl groups is 1. The molecule has 0 aromatic heterocycles. The average Bonchev–Trinajstić information content (AvgIpc) is 2.95. The lowest BCUT2D eigenvalue weighted by atomic mass is 10.2. The van der Waals surface area contributed by atoms with Gasteiger partial charge in [0, 0.05) is 32.7 Å². The van der Waals surface area contributed by atoms with Crippen LogP contribution in [0.1, 0.15) is 5.56 Å². The monoisotopic (exact) mass is 308 g/mol. The summed E-state index contributed by atoms with van der Waals surface area (Å²) in [4.78, 5) is 4.38. The Hall–Kier alpha value is -1.34. The van der Waals surface area contributed by atoms with Gasteiger partial charge in [0.25, 0.3) is 0 Å². The summed E-state index contributed by atoms with van der Waals surface area (Å²) in [5.41, 5.74) is 1.16. The van der Waals surface area contributed by atoms with Gasteiger partial charge in [0.2, 0.25) is 6.79 Å². The SMILES string of the molecule is CN(Cc1ccc2c(c1)OCO2)C[C@@H](O)CN1CCOCC1. The van der Waals surface area contributed by atoms with Crippen LogP contribution in [0.5, 0.6) is 11.5 Å². The molecule has 2 heterocycles. The van der Waals surface area contributed by atoms with Gasteiger partial charge >= 0.3 is 0 Å². The maximum absolute atomic E-state index is 10.2. The first kappa shape index (κ1) is 15.6. The number of ether oxygens (including phenoxy) is 3. The van der Waals surface area contributed by atoms with E-state index in [-0.39, 0.29) is 6.10 Å². The largest absolute Gasteiger partial charge is 0.454 e. The Morgan fingerprint density at radius 2 is 2.00 bits per heavy atom. The Labute approximate surface area is 131 Å². The van der Waals surface area contributed by atoms with E-state index in [1.807, 2.05) is 25.2 Å². The van der Waals surface area contributed by atoms with Crippen molar-refractivity contribution in [3.8, 4) is 11.5 Å². The molecule has 0 amide bonds. The molecule has 6 nitrogen and oxygen atoms in total. The number of hydrogen-bond acceptors (Lipinski definition) is 6. The van der Waals surface area contributed by atoms with Gasteiger partial charge in [-0.3, -0.25) is 9.80 Å². The Morgan fingerprint density at radius 1 is 1.23 bits per heavy atom. The predicted molar refractivity (Wildman–Crippen MR) is 82.2 cm³/mol. The summed E-state index contributed by atoms with van der Waals surface area (Å²) in [5, 5.41) is 10.2. The number of hydrogen-bond donors (Lipinski definition) is 1. The highest BCUT2D eigenvalue weighted by Crippen LogP contribution is 2.32. The van der Waals surface area contributed by atoms with Crippen molar-refractivity contribution in [1.82, 2.24) is 9.80 Å². The standard InChI is InChI=1S/C16H24N2O4/c1-17(10-14(19)11-18-4-6-20-7-5-18)9-13-2-3-15-16(8-13)22-12-21-15/h2-3,8,14,19H,4-7,9-12H2,1H3/t14-/m1/s1. The van der Waals surface area contributed by atoms with Crippen LogP contribution in [0.15, 0.2) is 18.2 Å². The first-order valence-electron chi connectivity index (χ1n) is 7.76. The van der Waals surface area contributed by atoms with Gasteiger partial charge in [0.15, 0.2) is 11.5 Å². The number of nitrogens with zero attached hydrogens (tertiary/aromatic N) is 2. The van der Waals surface area contributed by atoms with Crippen molar-refractivity contribution in [2.24, 2.45) is 0 Å². The van der Waals surface area contributed by atoms with Gasteiger partial charge in [-0.2, -0.15) is 0 Å². The molecule has 1 fully saturated rings. The van der Waals surface area contributed by atoms with Gasteiger partial charge in [-0.1, -0.05) is 6.07 Å². The van der Waals surface area contributed by atoms with E-state index in [0.717, 1.165) is 49.9 Å². The fourth-order valence-corrected chi connectivity index (χ4v) is 2.91.